The Hall–Kier alpha value is -2.77. The molecule has 1 amide bonds. The first-order valence-electron chi connectivity index (χ1n) is 6.12. The molecule has 0 unspecified atom stereocenters. The van der Waals surface area contributed by atoms with E-state index in [-0.39, 0.29) is 11.6 Å². The summed E-state index contributed by atoms with van der Waals surface area (Å²) in [7, 11) is 0. The molecule has 0 radical (unpaired) electrons. The van der Waals surface area contributed by atoms with Crippen molar-refractivity contribution in [2.24, 2.45) is 5.73 Å². The summed E-state index contributed by atoms with van der Waals surface area (Å²) in [6.07, 6.45) is -1.01. The molecule has 8 heteroatoms. The van der Waals surface area contributed by atoms with Crippen molar-refractivity contribution in [3.8, 4) is 5.88 Å². The molecular formula is C13H14N4O4. The summed E-state index contributed by atoms with van der Waals surface area (Å²) in [5, 5.41) is 11.2. The smallest absolute Gasteiger partial charge is 0.391 e. The monoisotopic (exact) mass is 290 g/mol. The predicted octanol–water partition coefficient (Wildman–Crippen LogP) is 2.29. The van der Waals surface area contributed by atoms with Gasteiger partial charge in [-0.2, -0.15) is 4.98 Å². The Bertz CT molecular complexity index is 737. The molecule has 0 bridgehead atoms. The zero-order valence-electron chi connectivity index (χ0n) is 11.8. The number of hydrogen-bond donors (Lipinski definition) is 1. The van der Waals surface area contributed by atoms with Gasteiger partial charge in [-0.1, -0.05) is 20.8 Å². The molecule has 0 saturated heterocycles. The van der Waals surface area contributed by atoms with Gasteiger partial charge in [0.05, 0.1) is 15.8 Å². The van der Waals surface area contributed by atoms with E-state index < -0.39 is 16.4 Å². The lowest BCUT2D eigenvalue weighted by molar-refractivity contribution is -0.384. The van der Waals surface area contributed by atoms with Crippen LogP contribution in [0.4, 0.5) is 10.5 Å². The number of nitro groups is 1. The topological polar surface area (TPSA) is 121 Å². The molecular weight excluding hydrogens is 276 g/mol. The van der Waals surface area contributed by atoms with Crippen LogP contribution in [0.2, 0.25) is 0 Å². The van der Waals surface area contributed by atoms with Crippen LogP contribution >= 0.6 is 0 Å². The molecule has 2 rings (SSSR count). The second-order valence-corrected chi connectivity index (χ2v) is 5.48. The molecule has 1 aromatic heterocycles. The summed E-state index contributed by atoms with van der Waals surface area (Å²) in [6.45, 7) is 5.62. The fourth-order valence-corrected chi connectivity index (χ4v) is 1.71. The van der Waals surface area contributed by atoms with Crippen molar-refractivity contribution in [1.29, 1.82) is 0 Å². The van der Waals surface area contributed by atoms with E-state index in [2.05, 4.69) is 9.97 Å². The summed E-state index contributed by atoms with van der Waals surface area (Å²) >= 11 is 0. The van der Waals surface area contributed by atoms with Gasteiger partial charge < -0.3 is 10.5 Å². The van der Waals surface area contributed by atoms with Crippen LogP contribution < -0.4 is 10.5 Å². The number of nitrogens with zero attached hydrogens (tertiary/aromatic N) is 3. The van der Waals surface area contributed by atoms with E-state index in [0.29, 0.717) is 16.7 Å². The Kier molecular flexibility index (Phi) is 3.46. The molecule has 8 nitrogen and oxygen atoms in total. The standard InChI is InChI=1S/C13H14N4O4/c1-13(2,3)11-15-9-6-7(17(19)20)4-5-8(9)10(16-11)21-12(14)18/h4-6H,1-3H3,(H2,14,18). The molecule has 0 aliphatic heterocycles. The molecule has 1 heterocycles. The number of hydrogen-bond acceptors (Lipinski definition) is 6. The number of aromatic nitrogens is 2. The number of primary amides is 1. The number of carbonyl (C=O) groups is 1. The maximum absolute atomic E-state index is 11.0. The summed E-state index contributed by atoms with van der Waals surface area (Å²) in [5.74, 6) is 0.388. The molecule has 110 valence electrons. The number of non-ortho nitro benzene ring substituents is 1. The van der Waals surface area contributed by atoms with Crippen LogP contribution in [0.3, 0.4) is 0 Å². The number of ether oxygens (including phenoxy) is 1. The Morgan fingerprint density at radius 3 is 2.52 bits per heavy atom. The third kappa shape index (κ3) is 3.04. The minimum Gasteiger partial charge on any atom is -0.391 e. The van der Waals surface area contributed by atoms with Crippen molar-refractivity contribution >= 4 is 22.7 Å². The fourth-order valence-electron chi connectivity index (χ4n) is 1.71. The highest BCUT2D eigenvalue weighted by atomic mass is 16.6. The number of benzene rings is 1. The van der Waals surface area contributed by atoms with Crippen molar-refractivity contribution in [3.63, 3.8) is 0 Å². The summed E-state index contributed by atoms with van der Waals surface area (Å²) in [6, 6.07) is 4.02. The number of rotatable bonds is 2. The average Bonchev–Trinajstić information content (AvgIpc) is 2.36. The molecule has 2 N–H and O–H groups in total. The quantitative estimate of drug-likeness (QED) is 0.669. The van der Waals surface area contributed by atoms with Gasteiger partial charge in [-0.25, -0.2) is 9.78 Å². The largest absolute Gasteiger partial charge is 0.411 e. The minimum atomic E-state index is -1.01. The van der Waals surface area contributed by atoms with Gasteiger partial charge in [0.15, 0.2) is 0 Å². The first-order valence-corrected chi connectivity index (χ1v) is 6.12. The minimum absolute atomic E-state index is 0.00711. The lowest BCUT2D eigenvalue weighted by Crippen LogP contribution is -2.20. The Morgan fingerprint density at radius 1 is 1.33 bits per heavy atom. The number of nitrogens with two attached hydrogens (primary N) is 1. The first kappa shape index (κ1) is 14.6. The summed E-state index contributed by atoms with van der Waals surface area (Å²) in [4.78, 5) is 29.8. The van der Waals surface area contributed by atoms with Gasteiger partial charge in [0.2, 0.25) is 5.88 Å². The summed E-state index contributed by atoms with van der Waals surface area (Å²) < 4.78 is 4.88. The van der Waals surface area contributed by atoms with Gasteiger partial charge in [-0.05, 0) is 6.07 Å². The molecule has 0 atom stereocenters. The molecule has 1 aromatic carbocycles. The molecule has 0 aliphatic rings. The van der Waals surface area contributed by atoms with Crippen molar-refractivity contribution in [2.75, 3.05) is 0 Å². The number of carbonyl (C=O) groups excluding carboxylic acids is 1. The van der Waals surface area contributed by atoms with E-state index in [1.165, 1.54) is 18.2 Å². The van der Waals surface area contributed by atoms with Crippen LogP contribution in [0.1, 0.15) is 26.6 Å². The van der Waals surface area contributed by atoms with E-state index >= 15 is 0 Å². The van der Waals surface area contributed by atoms with E-state index in [0.717, 1.165) is 0 Å². The van der Waals surface area contributed by atoms with E-state index in [4.69, 9.17) is 10.5 Å². The van der Waals surface area contributed by atoms with Crippen LogP contribution in [0.15, 0.2) is 18.2 Å². The van der Waals surface area contributed by atoms with Gasteiger partial charge >= 0.3 is 6.09 Å². The molecule has 0 spiro atoms. The Balaban J connectivity index is 2.74. The van der Waals surface area contributed by atoms with Crippen molar-refractivity contribution in [1.82, 2.24) is 9.97 Å². The highest BCUT2D eigenvalue weighted by Gasteiger charge is 2.22. The molecule has 0 fully saturated rings. The van der Waals surface area contributed by atoms with Gasteiger partial charge in [0, 0.05) is 17.5 Å². The number of nitro benzene ring substituents is 1. The average molecular weight is 290 g/mol. The molecule has 21 heavy (non-hydrogen) atoms. The number of fused-ring (bicyclic) bond motifs is 1. The SMILES string of the molecule is CC(C)(C)c1nc(OC(N)=O)c2ccc([N+](=O)[O-])cc2n1. The molecule has 0 saturated carbocycles. The van der Waals surface area contributed by atoms with Crippen LogP contribution in [-0.4, -0.2) is 21.0 Å². The fraction of sp³-hybridized carbons (Fsp3) is 0.308. The highest BCUT2D eigenvalue weighted by Crippen LogP contribution is 2.29. The third-order valence-electron chi connectivity index (χ3n) is 2.72. The van der Waals surface area contributed by atoms with Crippen molar-refractivity contribution in [2.45, 2.75) is 26.2 Å². The maximum atomic E-state index is 11.0. The number of amides is 1. The second-order valence-electron chi connectivity index (χ2n) is 5.48. The third-order valence-corrected chi connectivity index (χ3v) is 2.72. The normalized spacial score (nSPS) is 11.4. The lowest BCUT2D eigenvalue weighted by atomic mass is 9.95. The zero-order valence-corrected chi connectivity index (χ0v) is 11.8. The van der Waals surface area contributed by atoms with Crippen molar-refractivity contribution in [3.05, 3.63) is 34.1 Å². The van der Waals surface area contributed by atoms with Crippen molar-refractivity contribution < 1.29 is 14.5 Å². The maximum Gasteiger partial charge on any atom is 0.411 e. The van der Waals surface area contributed by atoms with E-state index in [1.807, 2.05) is 20.8 Å². The predicted molar refractivity (Wildman–Crippen MR) is 75.1 cm³/mol. The van der Waals surface area contributed by atoms with E-state index in [9.17, 15) is 14.9 Å². The van der Waals surface area contributed by atoms with E-state index in [1.54, 1.807) is 0 Å². The lowest BCUT2D eigenvalue weighted by Gasteiger charge is -2.17. The molecule has 2 aromatic rings. The zero-order chi connectivity index (χ0) is 15.8. The van der Waals surface area contributed by atoms with Gasteiger partial charge in [0.1, 0.15) is 5.82 Å². The van der Waals surface area contributed by atoms with Crippen LogP contribution in [0, 0.1) is 10.1 Å². The van der Waals surface area contributed by atoms with Gasteiger partial charge in [0.25, 0.3) is 5.69 Å². The summed E-state index contributed by atoms with van der Waals surface area (Å²) in [5.41, 5.74) is 4.82. The first-order chi connectivity index (χ1) is 9.68. The molecule has 0 aliphatic carbocycles. The van der Waals surface area contributed by atoms with Crippen LogP contribution in [-0.2, 0) is 5.41 Å². The highest BCUT2D eigenvalue weighted by molar-refractivity contribution is 5.87. The second kappa shape index (κ2) is 4.97. The Labute approximate surface area is 120 Å². The van der Waals surface area contributed by atoms with Gasteiger partial charge in [-0.15, -0.1) is 0 Å². The Morgan fingerprint density at radius 2 is 2.00 bits per heavy atom. The van der Waals surface area contributed by atoms with Crippen LogP contribution in [0.25, 0.3) is 10.9 Å². The van der Waals surface area contributed by atoms with Gasteiger partial charge in [-0.3, -0.25) is 10.1 Å². The van der Waals surface area contributed by atoms with Crippen LogP contribution in [0.5, 0.6) is 5.88 Å².